The summed E-state index contributed by atoms with van der Waals surface area (Å²) in [5.74, 6) is -0.608. The van der Waals surface area contributed by atoms with E-state index in [1.807, 2.05) is 57.2 Å². The molecule has 144 valence electrons. The van der Waals surface area contributed by atoms with Gasteiger partial charge in [-0.3, -0.25) is 9.59 Å². The molecule has 0 saturated heterocycles. The molecule has 2 rings (SSSR count). The minimum absolute atomic E-state index is 0.0346. The van der Waals surface area contributed by atoms with E-state index in [1.54, 1.807) is 18.2 Å². The number of ether oxygens (including phenoxy) is 1. The van der Waals surface area contributed by atoms with Crippen molar-refractivity contribution in [3.63, 3.8) is 0 Å². The Bertz CT molecular complexity index is 763. The normalized spacial score (nSPS) is 12.4. The van der Waals surface area contributed by atoms with Crippen LogP contribution >= 0.6 is 22.6 Å². The van der Waals surface area contributed by atoms with Gasteiger partial charge in [0.1, 0.15) is 5.60 Å². The highest BCUT2D eigenvalue weighted by Crippen LogP contribution is 2.27. The van der Waals surface area contributed by atoms with E-state index in [2.05, 4.69) is 22.6 Å². The number of halogens is 1. The molecular formula is C23H27IO3. The highest BCUT2D eigenvalue weighted by molar-refractivity contribution is 14.1. The van der Waals surface area contributed by atoms with Gasteiger partial charge in [0.2, 0.25) is 0 Å². The van der Waals surface area contributed by atoms with Crippen LogP contribution in [0.3, 0.4) is 0 Å². The molecule has 1 unspecified atom stereocenters. The molecule has 2 aromatic carbocycles. The number of carbonyl (C=O) groups excluding carboxylic acids is 2. The van der Waals surface area contributed by atoms with Crippen LogP contribution in [0.2, 0.25) is 0 Å². The molecule has 0 aliphatic heterocycles. The number of hydrogen-bond donors (Lipinski definition) is 0. The Balaban J connectivity index is 2.29. The minimum Gasteiger partial charge on any atom is -0.459 e. The predicted molar refractivity (Wildman–Crippen MR) is 118 cm³/mol. The standard InChI is InChI=1S/C23H27IO3/c1-23(2,3)27-22(26)20(14-7-8-15-24)18-12-9-13-19(16-18)21(25)17-10-5-4-6-11-17/h4-6,9-13,16,20H,7-8,14-15H2,1-3H3. The molecule has 27 heavy (non-hydrogen) atoms. The molecule has 3 nitrogen and oxygen atoms in total. The third-order valence-electron chi connectivity index (χ3n) is 4.15. The summed E-state index contributed by atoms with van der Waals surface area (Å²) in [4.78, 5) is 25.6. The first kappa shape index (κ1) is 21.6. The summed E-state index contributed by atoms with van der Waals surface area (Å²) in [6.45, 7) is 5.63. The molecule has 0 bridgehead atoms. The Morgan fingerprint density at radius 3 is 2.26 bits per heavy atom. The Kier molecular flexibility index (Phi) is 8.02. The van der Waals surface area contributed by atoms with Crippen molar-refractivity contribution < 1.29 is 14.3 Å². The molecule has 0 aromatic heterocycles. The maximum atomic E-state index is 12.8. The fourth-order valence-electron chi connectivity index (χ4n) is 2.89. The van der Waals surface area contributed by atoms with Crippen LogP contribution in [0.4, 0.5) is 0 Å². The van der Waals surface area contributed by atoms with Crippen LogP contribution in [0.15, 0.2) is 54.6 Å². The molecular weight excluding hydrogens is 451 g/mol. The van der Waals surface area contributed by atoms with Crippen LogP contribution in [-0.4, -0.2) is 21.8 Å². The monoisotopic (exact) mass is 478 g/mol. The van der Waals surface area contributed by atoms with E-state index in [1.165, 1.54) is 0 Å². The summed E-state index contributed by atoms with van der Waals surface area (Å²) in [6, 6.07) is 16.6. The van der Waals surface area contributed by atoms with Crippen molar-refractivity contribution in [3.8, 4) is 0 Å². The van der Waals surface area contributed by atoms with Gasteiger partial charge in [-0.25, -0.2) is 0 Å². The summed E-state index contributed by atoms with van der Waals surface area (Å²) >= 11 is 2.35. The first-order valence-corrected chi connectivity index (χ1v) is 10.8. The van der Waals surface area contributed by atoms with Crippen LogP contribution in [0.5, 0.6) is 0 Å². The maximum absolute atomic E-state index is 12.8. The van der Waals surface area contributed by atoms with Crippen molar-refractivity contribution in [3.05, 3.63) is 71.3 Å². The number of hydrogen-bond acceptors (Lipinski definition) is 3. The van der Waals surface area contributed by atoms with E-state index in [4.69, 9.17) is 4.74 Å². The molecule has 0 aliphatic carbocycles. The van der Waals surface area contributed by atoms with Gasteiger partial charge in [0.15, 0.2) is 5.78 Å². The fourth-order valence-corrected chi connectivity index (χ4v) is 3.43. The van der Waals surface area contributed by atoms with Crippen LogP contribution in [-0.2, 0) is 9.53 Å². The van der Waals surface area contributed by atoms with E-state index < -0.39 is 5.60 Å². The number of rotatable bonds is 8. The van der Waals surface area contributed by atoms with E-state index in [9.17, 15) is 9.59 Å². The number of alkyl halides is 1. The van der Waals surface area contributed by atoms with E-state index in [0.29, 0.717) is 11.1 Å². The van der Waals surface area contributed by atoms with Gasteiger partial charge in [-0.2, -0.15) is 0 Å². The van der Waals surface area contributed by atoms with Gasteiger partial charge in [0.25, 0.3) is 0 Å². The minimum atomic E-state index is -0.532. The molecule has 0 radical (unpaired) electrons. The van der Waals surface area contributed by atoms with Gasteiger partial charge in [-0.05, 0) is 49.7 Å². The molecule has 2 aromatic rings. The van der Waals surface area contributed by atoms with Crippen LogP contribution in [0, 0.1) is 0 Å². The quantitative estimate of drug-likeness (QED) is 0.155. The molecule has 0 amide bonds. The summed E-state index contributed by atoms with van der Waals surface area (Å²) in [5, 5.41) is 0. The average molecular weight is 478 g/mol. The highest BCUT2D eigenvalue weighted by Gasteiger charge is 2.27. The van der Waals surface area contributed by atoms with Gasteiger partial charge < -0.3 is 4.74 Å². The second-order valence-electron chi connectivity index (χ2n) is 7.59. The third-order valence-corrected chi connectivity index (χ3v) is 4.92. The lowest BCUT2D eigenvalue weighted by Crippen LogP contribution is -2.28. The molecule has 0 heterocycles. The summed E-state index contributed by atoms with van der Waals surface area (Å²) in [6.07, 6.45) is 2.73. The van der Waals surface area contributed by atoms with Crippen molar-refractivity contribution in [1.29, 1.82) is 0 Å². The molecule has 0 aliphatic rings. The smallest absolute Gasteiger partial charge is 0.313 e. The predicted octanol–water partition coefficient (Wildman–Crippen LogP) is 5.95. The Morgan fingerprint density at radius 2 is 1.63 bits per heavy atom. The molecule has 0 N–H and O–H groups in total. The highest BCUT2D eigenvalue weighted by atomic mass is 127. The van der Waals surface area contributed by atoms with Crippen LogP contribution < -0.4 is 0 Å². The van der Waals surface area contributed by atoms with E-state index in [0.717, 1.165) is 29.3 Å². The topological polar surface area (TPSA) is 43.4 Å². The Labute approximate surface area is 175 Å². The molecule has 4 heteroatoms. The van der Waals surface area contributed by atoms with Gasteiger partial charge in [0.05, 0.1) is 5.92 Å². The molecule has 0 saturated carbocycles. The lowest BCUT2D eigenvalue weighted by atomic mass is 9.91. The molecule has 0 fully saturated rings. The zero-order valence-electron chi connectivity index (χ0n) is 16.2. The number of esters is 1. The number of benzene rings is 2. The SMILES string of the molecule is CC(C)(C)OC(=O)C(CCCCI)c1cccc(C(=O)c2ccccc2)c1. The number of unbranched alkanes of at least 4 members (excludes halogenated alkanes) is 1. The average Bonchev–Trinajstić information content (AvgIpc) is 2.64. The first-order valence-electron chi connectivity index (χ1n) is 9.30. The molecule has 0 spiro atoms. The number of carbonyl (C=O) groups is 2. The van der Waals surface area contributed by atoms with E-state index in [-0.39, 0.29) is 17.7 Å². The van der Waals surface area contributed by atoms with Gasteiger partial charge in [0, 0.05) is 11.1 Å². The Morgan fingerprint density at radius 1 is 0.963 bits per heavy atom. The first-order chi connectivity index (χ1) is 12.8. The third kappa shape index (κ3) is 6.76. The van der Waals surface area contributed by atoms with Crippen molar-refractivity contribution in [2.75, 3.05) is 4.43 Å². The summed E-state index contributed by atoms with van der Waals surface area (Å²) in [5.41, 5.74) is 1.56. The van der Waals surface area contributed by atoms with Gasteiger partial charge in [-0.15, -0.1) is 0 Å². The van der Waals surface area contributed by atoms with E-state index >= 15 is 0 Å². The maximum Gasteiger partial charge on any atom is 0.313 e. The fraction of sp³-hybridized carbons (Fsp3) is 0.391. The lowest BCUT2D eigenvalue weighted by Gasteiger charge is -2.24. The second-order valence-corrected chi connectivity index (χ2v) is 8.67. The molecule has 1 atom stereocenters. The Hall–Kier alpha value is -1.69. The summed E-state index contributed by atoms with van der Waals surface area (Å²) < 4.78 is 6.71. The summed E-state index contributed by atoms with van der Waals surface area (Å²) in [7, 11) is 0. The second kappa shape index (κ2) is 10.0. The van der Waals surface area contributed by atoms with Crippen LogP contribution in [0.25, 0.3) is 0 Å². The lowest BCUT2D eigenvalue weighted by molar-refractivity contribution is -0.157. The van der Waals surface area contributed by atoms with Crippen LogP contribution in [0.1, 0.15) is 67.4 Å². The van der Waals surface area contributed by atoms with Crippen molar-refractivity contribution in [2.24, 2.45) is 0 Å². The largest absolute Gasteiger partial charge is 0.459 e. The van der Waals surface area contributed by atoms with Crippen molar-refractivity contribution >= 4 is 34.3 Å². The zero-order valence-corrected chi connectivity index (χ0v) is 18.4. The van der Waals surface area contributed by atoms with Crippen molar-refractivity contribution in [2.45, 2.75) is 51.6 Å². The number of ketones is 1. The van der Waals surface area contributed by atoms with Crippen molar-refractivity contribution in [1.82, 2.24) is 0 Å². The van der Waals surface area contributed by atoms with Gasteiger partial charge in [-0.1, -0.05) is 77.5 Å². The van der Waals surface area contributed by atoms with Gasteiger partial charge >= 0.3 is 5.97 Å². The zero-order chi connectivity index (χ0) is 19.9.